The van der Waals surface area contributed by atoms with Crippen LogP contribution in [-0.4, -0.2) is 13.1 Å². The van der Waals surface area contributed by atoms with Gasteiger partial charge in [-0.2, -0.15) is 0 Å². The Bertz CT molecular complexity index is 176. The van der Waals surface area contributed by atoms with Gasteiger partial charge in [0, 0.05) is 6.04 Å². The molecule has 2 atom stereocenters. The zero-order valence-corrected chi connectivity index (χ0v) is 11.3. The first kappa shape index (κ1) is 13.0. The van der Waals surface area contributed by atoms with Gasteiger partial charge in [0.15, 0.2) is 0 Å². The van der Waals surface area contributed by atoms with Crippen LogP contribution in [0.15, 0.2) is 0 Å². The van der Waals surface area contributed by atoms with Crippen molar-refractivity contribution >= 4 is 0 Å². The highest BCUT2D eigenvalue weighted by Gasteiger charge is 2.25. The van der Waals surface area contributed by atoms with Crippen LogP contribution in [0.4, 0.5) is 0 Å². The number of nitrogens with one attached hydrogen (secondary N) is 1. The second-order valence-electron chi connectivity index (χ2n) is 6.51. The third-order valence-electron chi connectivity index (χ3n) is 4.15. The minimum Gasteiger partial charge on any atom is -0.317 e. The number of hydrogen-bond donors (Lipinski definition) is 1. The lowest BCUT2D eigenvalue weighted by Crippen LogP contribution is -2.31. The summed E-state index contributed by atoms with van der Waals surface area (Å²) in [5.41, 5.74) is 0.453. The van der Waals surface area contributed by atoms with Crippen molar-refractivity contribution in [2.75, 3.05) is 7.05 Å². The fraction of sp³-hybridized carbons (Fsp3) is 1.00. The van der Waals surface area contributed by atoms with E-state index < -0.39 is 0 Å². The van der Waals surface area contributed by atoms with Crippen molar-refractivity contribution in [3.63, 3.8) is 0 Å². The van der Waals surface area contributed by atoms with Gasteiger partial charge in [0.1, 0.15) is 0 Å². The van der Waals surface area contributed by atoms with Crippen LogP contribution >= 0.6 is 0 Å². The lowest BCUT2D eigenvalue weighted by atomic mass is 9.78. The predicted octanol–water partition coefficient (Wildman–Crippen LogP) is 3.84. The molecular formula is C14H29N. The fourth-order valence-electron chi connectivity index (χ4n) is 2.00. The minimum atomic E-state index is 0.453. The molecule has 90 valence electrons. The van der Waals surface area contributed by atoms with Crippen LogP contribution in [0.25, 0.3) is 0 Å². The van der Waals surface area contributed by atoms with E-state index in [1.165, 1.54) is 32.1 Å². The van der Waals surface area contributed by atoms with E-state index in [9.17, 15) is 0 Å². The quantitative estimate of drug-likeness (QED) is 0.704. The molecule has 0 aromatic rings. The van der Waals surface area contributed by atoms with Crippen molar-refractivity contribution in [1.82, 2.24) is 5.32 Å². The molecule has 0 aliphatic heterocycles. The van der Waals surface area contributed by atoms with Crippen LogP contribution in [-0.2, 0) is 0 Å². The maximum Gasteiger partial charge on any atom is 0.00669 e. The zero-order chi connectivity index (χ0) is 11.5. The summed E-state index contributed by atoms with van der Waals surface area (Å²) in [7, 11) is 2.12. The Morgan fingerprint density at radius 3 is 2.27 bits per heavy atom. The first-order chi connectivity index (χ1) is 6.93. The summed E-state index contributed by atoms with van der Waals surface area (Å²) >= 11 is 0. The van der Waals surface area contributed by atoms with E-state index in [2.05, 4.69) is 40.1 Å². The van der Waals surface area contributed by atoms with Gasteiger partial charge >= 0.3 is 0 Å². The van der Waals surface area contributed by atoms with Crippen molar-refractivity contribution in [2.45, 2.75) is 65.8 Å². The van der Waals surface area contributed by atoms with Crippen molar-refractivity contribution < 1.29 is 0 Å². The van der Waals surface area contributed by atoms with Crippen molar-refractivity contribution in [1.29, 1.82) is 0 Å². The lowest BCUT2D eigenvalue weighted by Gasteiger charge is -2.30. The lowest BCUT2D eigenvalue weighted by molar-refractivity contribution is 0.220. The second kappa shape index (κ2) is 5.34. The van der Waals surface area contributed by atoms with E-state index >= 15 is 0 Å². The molecule has 1 aliphatic rings. The summed E-state index contributed by atoms with van der Waals surface area (Å²) in [4.78, 5) is 0. The Morgan fingerprint density at radius 2 is 1.87 bits per heavy atom. The van der Waals surface area contributed by atoms with E-state index in [4.69, 9.17) is 0 Å². The average molecular weight is 211 g/mol. The minimum absolute atomic E-state index is 0.453. The largest absolute Gasteiger partial charge is 0.317 e. The van der Waals surface area contributed by atoms with Gasteiger partial charge < -0.3 is 5.32 Å². The molecule has 0 amide bonds. The monoisotopic (exact) mass is 211 g/mol. The molecule has 0 spiro atoms. The summed E-state index contributed by atoms with van der Waals surface area (Å²) in [6.07, 6.45) is 7.13. The molecule has 0 bridgehead atoms. The Morgan fingerprint density at radius 1 is 1.27 bits per heavy atom. The Hall–Kier alpha value is -0.0400. The average Bonchev–Trinajstić information content (AvgIpc) is 2.93. The second-order valence-corrected chi connectivity index (χ2v) is 6.51. The van der Waals surface area contributed by atoms with E-state index in [1.54, 1.807) is 0 Å². The van der Waals surface area contributed by atoms with Crippen LogP contribution < -0.4 is 5.32 Å². The van der Waals surface area contributed by atoms with Gasteiger partial charge in [0.2, 0.25) is 0 Å². The first-order valence-corrected chi connectivity index (χ1v) is 6.60. The van der Waals surface area contributed by atoms with E-state index in [0.717, 1.165) is 17.9 Å². The summed E-state index contributed by atoms with van der Waals surface area (Å²) in [5, 5.41) is 3.49. The molecule has 0 saturated heterocycles. The van der Waals surface area contributed by atoms with Gasteiger partial charge in [-0.3, -0.25) is 0 Å². The third-order valence-corrected chi connectivity index (χ3v) is 4.15. The molecule has 1 saturated carbocycles. The molecule has 1 heteroatoms. The van der Waals surface area contributed by atoms with Crippen molar-refractivity contribution in [3.05, 3.63) is 0 Å². The molecule has 0 aromatic carbocycles. The summed E-state index contributed by atoms with van der Waals surface area (Å²) in [5.74, 6) is 1.87. The molecule has 1 fully saturated rings. The summed E-state index contributed by atoms with van der Waals surface area (Å²) < 4.78 is 0. The normalized spacial score (nSPS) is 21.4. The maximum absolute atomic E-state index is 3.49. The molecular weight excluding hydrogens is 182 g/mol. The van der Waals surface area contributed by atoms with Crippen LogP contribution in [0, 0.1) is 17.3 Å². The zero-order valence-electron chi connectivity index (χ0n) is 11.3. The first-order valence-electron chi connectivity index (χ1n) is 6.60. The van der Waals surface area contributed by atoms with Gasteiger partial charge in [0.05, 0.1) is 0 Å². The van der Waals surface area contributed by atoms with Crippen LogP contribution in [0.1, 0.15) is 59.8 Å². The van der Waals surface area contributed by atoms with Crippen molar-refractivity contribution in [2.24, 2.45) is 17.3 Å². The molecule has 0 radical (unpaired) electrons. The maximum atomic E-state index is 3.49. The Kier molecular flexibility index (Phi) is 4.64. The van der Waals surface area contributed by atoms with Crippen LogP contribution in [0.5, 0.6) is 0 Å². The smallest absolute Gasteiger partial charge is 0.00669 e. The van der Waals surface area contributed by atoms with Gasteiger partial charge in [0.25, 0.3) is 0 Å². The highest BCUT2D eigenvalue weighted by atomic mass is 14.9. The molecule has 1 aliphatic carbocycles. The molecule has 2 unspecified atom stereocenters. The highest BCUT2D eigenvalue weighted by molar-refractivity contribution is 4.79. The molecule has 1 nitrogen and oxygen atoms in total. The van der Waals surface area contributed by atoms with Gasteiger partial charge in [-0.15, -0.1) is 0 Å². The molecule has 1 rings (SSSR count). The SMILES string of the molecule is CNC(CCC1CC1)CC(C)C(C)(C)C. The molecule has 1 N–H and O–H groups in total. The highest BCUT2D eigenvalue weighted by Crippen LogP contribution is 2.35. The van der Waals surface area contributed by atoms with Gasteiger partial charge in [-0.05, 0) is 43.6 Å². The molecule has 15 heavy (non-hydrogen) atoms. The number of rotatable bonds is 6. The van der Waals surface area contributed by atoms with Crippen molar-refractivity contribution in [3.8, 4) is 0 Å². The fourth-order valence-corrected chi connectivity index (χ4v) is 2.00. The standard InChI is InChI=1S/C14H29N/c1-11(14(2,3)4)10-13(15-5)9-8-12-6-7-12/h11-13,15H,6-10H2,1-5H3. The third kappa shape index (κ3) is 5.01. The van der Waals surface area contributed by atoms with Gasteiger partial charge in [-0.1, -0.05) is 40.5 Å². The molecule has 0 heterocycles. The van der Waals surface area contributed by atoms with E-state index in [0.29, 0.717) is 5.41 Å². The summed E-state index contributed by atoms with van der Waals surface area (Å²) in [6.45, 7) is 9.45. The number of hydrogen-bond acceptors (Lipinski definition) is 1. The predicted molar refractivity (Wildman–Crippen MR) is 68.0 cm³/mol. The van der Waals surface area contributed by atoms with Gasteiger partial charge in [-0.25, -0.2) is 0 Å². The van der Waals surface area contributed by atoms with E-state index in [-0.39, 0.29) is 0 Å². The van der Waals surface area contributed by atoms with Crippen LogP contribution in [0.3, 0.4) is 0 Å². The molecule has 0 aromatic heterocycles. The Balaban J connectivity index is 2.24. The van der Waals surface area contributed by atoms with E-state index in [1.807, 2.05) is 0 Å². The Labute approximate surface area is 96.0 Å². The summed E-state index contributed by atoms with van der Waals surface area (Å²) in [6, 6.07) is 0.736. The van der Waals surface area contributed by atoms with Crippen LogP contribution in [0.2, 0.25) is 0 Å². The topological polar surface area (TPSA) is 12.0 Å².